The second-order valence-corrected chi connectivity index (χ2v) is 8.23. The highest BCUT2D eigenvalue weighted by Crippen LogP contribution is 2.35. The zero-order valence-electron chi connectivity index (χ0n) is 18.3. The molecule has 0 radical (unpaired) electrons. The van der Waals surface area contributed by atoms with Crippen LogP contribution in [0.4, 0.5) is 4.39 Å². The second kappa shape index (κ2) is 9.10. The van der Waals surface area contributed by atoms with Gasteiger partial charge >= 0.3 is 0 Å². The fourth-order valence-electron chi connectivity index (χ4n) is 4.62. The summed E-state index contributed by atoms with van der Waals surface area (Å²) >= 11 is 0. The highest BCUT2D eigenvalue weighted by molar-refractivity contribution is 5.95. The molecule has 2 aromatic carbocycles. The maximum atomic E-state index is 13.4. The minimum Gasteiger partial charge on any atom is -0.493 e. The van der Waals surface area contributed by atoms with Gasteiger partial charge in [-0.05, 0) is 74.3 Å². The molecule has 2 bridgehead atoms. The molecule has 164 valence electrons. The van der Waals surface area contributed by atoms with Crippen LogP contribution in [0.3, 0.4) is 0 Å². The van der Waals surface area contributed by atoms with Crippen molar-refractivity contribution in [3.8, 4) is 11.5 Å². The van der Waals surface area contributed by atoms with Gasteiger partial charge in [-0.15, -0.1) is 0 Å². The summed E-state index contributed by atoms with van der Waals surface area (Å²) in [5.74, 6) is 0.925. The van der Waals surface area contributed by atoms with Crippen molar-refractivity contribution >= 4 is 5.91 Å². The summed E-state index contributed by atoms with van der Waals surface area (Å²) in [6.07, 6.45) is 6.04. The average Bonchev–Trinajstić information content (AvgIpc) is 2.99. The Morgan fingerprint density at radius 3 is 2.52 bits per heavy atom. The average molecular weight is 425 g/mol. The normalized spacial score (nSPS) is 20.3. The lowest BCUT2D eigenvalue weighted by Gasteiger charge is -2.35. The van der Waals surface area contributed by atoms with E-state index >= 15 is 0 Å². The first kappa shape index (κ1) is 21.4. The van der Waals surface area contributed by atoms with Crippen LogP contribution in [-0.4, -0.2) is 55.6 Å². The molecule has 4 rings (SSSR count). The van der Waals surface area contributed by atoms with Gasteiger partial charge < -0.3 is 14.4 Å². The van der Waals surface area contributed by atoms with Crippen molar-refractivity contribution in [3.63, 3.8) is 0 Å². The van der Waals surface area contributed by atoms with Crippen molar-refractivity contribution < 1.29 is 18.7 Å². The number of rotatable bonds is 7. The van der Waals surface area contributed by atoms with Gasteiger partial charge in [0.05, 0.1) is 14.2 Å². The van der Waals surface area contributed by atoms with Crippen LogP contribution in [0.1, 0.15) is 35.2 Å². The first-order valence-corrected chi connectivity index (χ1v) is 10.7. The van der Waals surface area contributed by atoms with Crippen molar-refractivity contribution in [2.45, 2.75) is 37.8 Å². The van der Waals surface area contributed by atoms with E-state index in [4.69, 9.17) is 9.47 Å². The van der Waals surface area contributed by atoms with Crippen molar-refractivity contribution in [2.75, 3.05) is 27.8 Å². The van der Waals surface area contributed by atoms with Gasteiger partial charge in [0.25, 0.3) is 5.91 Å². The molecule has 2 heterocycles. The Kier molecular flexibility index (Phi) is 6.28. The van der Waals surface area contributed by atoms with Crippen molar-refractivity contribution in [3.05, 3.63) is 71.2 Å². The molecular formula is C25H29FN2O3. The SMILES string of the molecule is COc1ccc(CCN(C(=O)c2ccc(F)cc2)C2=C[C@H]3CC[C@@H](C2)N3C)cc1OC. The number of fused-ring (bicyclic) bond motifs is 2. The van der Waals surface area contributed by atoms with Gasteiger partial charge in [0.1, 0.15) is 5.82 Å². The predicted molar refractivity (Wildman–Crippen MR) is 118 cm³/mol. The summed E-state index contributed by atoms with van der Waals surface area (Å²) in [4.78, 5) is 17.7. The van der Waals surface area contributed by atoms with E-state index in [0.717, 1.165) is 30.5 Å². The van der Waals surface area contributed by atoms with Gasteiger partial charge in [-0.25, -0.2) is 4.39 Å². The largest absolute Gasteiger partial charge is 0.493 e. The fourth-order valence-corrected chi connectivity index (χ4v) is 4.62. The molecule has 2 aromatic rings. The Morgan fingerprint density at radius 2 is 1.84 bits per heavy atom. The highest BCUT2D eigenvalue weighted by Gasteiger charge is 2.36. The van der Waals surface area contributed by atoms with E-state index in [1.165, 1.54) is 12.1 Å². The molecule has 2 aliphatic heterocycles. The van der Waals surface area contributed by atoms with Crippen LogP contribution < -0.4 is 9.47 Å². The Morgan fingerprint density at radius 1 is 1.10 bits per heavy atom. The number of likely N-dealkylation sites (N-methyl/N-ethyl adjacent to an activating group) is 1. The van der Waals surface area contributed by atoms with Gasteiger partial charge in [0.15, 0.2) is 11.5 Å². The van der Waals surface area contributed by atoms with E-state index in [1.807, 2.05) is 23.1 Å². The van der Waals surface area contributed by atoms with Crippen molar-refractivity contribution in [1.29, 1.82) is 0 Å². The van der Waals surface area contributed by atoms with Crippen molar-refractivity contribution in [2.24, 2.45) is 0 Å². The first-order valence-electron chi connectivity index (χ1n) is 10.7. The monoisotopic (exact) mass is 424 g/mol. The number of carbonyl (C=O) groups excluding carboxylic acids is 1. The van der Waals surface area contributed by atoms with E-state index in [1.54, 1.807) is 26.4 Å². The number of hydrogen-bond donors (Lipinski definition) is 0. The van der Waals surface area contributed by atoms with Gasteiger partial charge in [-0.2, -0.15) is 0 Å². The molecule has 2 atom stereocenters. The van der Waals surface area contributed by atoms with Crippen LogP contribution in [0.15, 0.2) is 54.2 Å². The lowest BCUT2D eigenvalue weighted by molar-refractivity contribution is 0.0787. The zero-order chi connectivity index (χ0) is 22.0. The molecule has 1 saturated heterocycles. The number of carbonyl (C=O) groups is 1. The standard InChI is InChI=1S/C25H29FN2O3/c1-27-20-9-10-21(27)16-22(15-20)28(25(29)18-5-7-19(26)8-6-18)13-12-17-4-11-23(30-2)24(14-17)31-3/h4-8,11,14-15,20-21H,9-10,12-13,16H2,1-3H3/t20-,21+/m1/s1. The maximum absolute atomic E-state index is 13.4. The molecule has 2 aliphatic rings. The minimum absolute atomic E-state index is 0.0873. The third-order valence-electron chi connectivity index (χ3n) is 6.48. The predicted octanol–water partition coefficient (Wildman–Crippen LogP) is 4.28. The molecule has 0 aromatic heterocycles. The summed E-state index contributed by atoms with van der Waals surface area (Å²) in [6, 6.07) is 12.5. The topological polar surface area (TPSA) is 42.0 Å². The molecule has 31 heavy (non-hydrogen) atoms. The summed E-state index contributed by atoms with van der Waals surface area (Å²) in [6.45, 7) is 0.542. The number of hydrogen-bond acceptors (Lipinski definition) is 4. The van der Waals surface area contributed by atoms with Gasteiger partial charge in [0, 0.05) is 36.3 Å². The van der Waals surface area contributed by atoms with E-state index < -0.39 is 0 Å². The highest BCUT2D eigenvalue weighted by atomic mass is 19.1. The number of halogens is 1. The van der Waals surface area contributed by atoms with Gasteiger partial charge in [-0.3, -0.25) is 9.69 Å². The van der Waals surface area contributed by atoms with Crippen LogP contribution in [0.25, 0.3) is 0 Å². The van der Waals surface area contributed by atoms with Gasteiger partial charge in [-0.1, -0.05) is 6.07 Å². The Hall–Kier alpha value is -2.86. The molecule has 0 unspecified atom stereocenters. The van der Waals surface area contributed by atoms with Crippen LogP contribution in [-0.2, 0) is 6.42 Å². The maximum Gasteiger partial charge on any atom is 0.258 e. The summed E-state index contributed by atoms with van der Waals surface area (Å²) in [5, 5.41) is 0. The van der Waals surface area contributed by atoms with Crippen LogP contribution in [0.5, 0.6) is 11.5 Å². The summed E-state index contributed by atoms with van der Waals surface area (Å²) in [7, 11) is 5.39. The Balaban J connectivity index is 1.59. The molecule has 1 amide bonds. The van der Waals surface area contributed by atoms with E-state index in [0.29, 0.717) is 42.1 Å². The van der Waals surface area contributed by atoms with E-state index in [-0.39, 0.29) is 11.7 Å². The fraction of sp³-hybridized carbons (Fsp3) is 0.400. The number of benzene rings is 2. The molecule has 6 heteroatoms. The third-order valence-corrected chi connectivity index (χ3v) is 6.48. The van der Waals surface area contributed by atoms with E-state index in [2.05, 4.69) is 18.0 Å². The Labute approximate surface area is 183 Å². The lowest BCUT2D eigenvalue weighted by atomic mass is 10.0. The van der Waals surface area contributed by atoms with Crippen LogP contribution >= 0.6 is 0 Å². The van der Waals surface area contributed by atoms with Crippen LogP contribution in [0, 0.1) is 5.82 Å². The number of methoxy groups -OCH3 is 2. The Bertz CT molecular complexity index is 973. The molecule has 0 N–H and O–H groups in total. The first-order chi connectivity index (χ1) is 15.0. The smallest absolute Gasteiger partial charge is 0.258 e. The number of nitrogens with zero attached hydrogens (tertiary/aromatic N) is 2. The summed E-state index contributed by atoms with van der Waals surface area (Å²) < 4.78 is 24.1. The second-order valence-electron chi connectivity index (χ2n) is 8.23. The molecule has 5 nitrogen and oxygen atoms in total. The number of amides is 1. The van der Waals surface area contributed by atoms with Crippen molar-refractivity contribution in [1.82, 2.24) is 9.80 Å². The molecule has 1 fully saturated rings. The zero-order valence-corrected chi connectivity index (χ0v) is 18.3. The van der Waals surface area contributed by atoms with Gasteiger partial charge in [0.2, 0.25) is 0 Å². The molecule has 0 aliphatic carbocycles. The molecule has 0 spiro atoms. The summed E-state index contributed by atoms with van der Waals surface area (Å²) in [5.41, 5.74) is 2.63. The minimum atomic E-state index is -0.343. The quantitative estimate of drug-likeness (QED) is 0.666. The lowest BCUT2D eigenvalue weighted by Crippen LogP contribution is -2.41. The molecule has 0 saturated carbocycles. The van der Waals surface area contributed by atoms with E-state index in [9.17, 15) is 9.18 Å². The third kappa shape index (κ3) is 4.44. The number of ether oxygens (including phenoxy) is 2. The molecular weight excluding hydrogens is 395 g/mol. The van der Waals surface area contributed by atoms with Crippen LogP contribution in [0.2, 0.25) is 0 Å².